The van der Waals surface area contributed by atoms with Gasteiger partial charge in [-0.3, -0.25) is 0 Å². The van der Waals surface area contributed by atoms with Crippen molar-refractivity contribution >= 4 is 0 Å². The van der Waals surface area contributed by atoms with Crippen molar-refractivity contribution in [3.63, 3.8) is 0 Å². The molecule has 1 saturated heterocycles. The predicted octanol–water partition coefficient (Wildman–Crippen LogP) is 3.74. The summed E-state index contributed by atoms with van der Waals surface area (Å²) in [5.41, 5.74) is 0. The molecule has 0 bridgehead atoms. The minimum atomic E-state index is -0.319. The average molecular weight is 214 g/mol. The Balaban J connectivity index is 2.56. The molecule has 1 rings (SSSR count). The summed E-state index contributed by atoms with van der Waals surface area (Å²) in [5, 5.41) is 0. The van der Waals surface area contributed by atoms with Crippen LogP contribution in [0.25, 0.3) is 0 Å². The molecule has 1 heterocycles. The van der Waals surface area contributed by atoms with E-state index in [1.807, 2.05) is 0 Å². The molecule has 0 saturated carbocycles. The summed E-state index contributed by atoms with van der Waals surface area (Å²) >= 11 is 0. The van der Waals surface area contributed by atoms with Crippen molar-refractivity contribution in [2.24, 2.45) is 5.92 Å². The van der Waals surface area contributed by atoms with E-state index < -0.39 is 0 Å². The highest BCUT2D eigenvalue weighted by molar-refractivity contribution is 4.78. The fourth-order valence-corrected chi connectivity index (χ4v) is 2.39. The zero-order valence-corrected chi connectivity index (χ0v) is 10.7. The SMILES string of the molecule is CCC[C@H]1O[C@](C)(CCC)OC[C@@H]1CC. The monoisotopic (exact) mass is 214 g/mol. The van der Waals surface area contributed by atoms with Gasteiger partial charge in [0, 0.05) is 12.3 Å². The van der Waals surface area contributed by atoms with Gasteiger partial charge in [-0.05, 0) is 19.8 Å². The third-order valence-electron chi connectivity index (χ3n) is 3.33. The van der Waals surface area contributed by atoms with Gasteiger partial charge >= 0.3 is 0 Å². The van der Waals surface area contributed by atoms with Crippen LogP contribution in [0.15, 0.2) is 0 Å². The fourth-order valence-electron chi connectivity index (χ4n) is 2.39. The van der Waals surface area contributed by atoms with Crippen molar-refractivity contribution in [2.75, 3.05) is 6.61 Å². The molecule has 0 spiro atoms. The molecule has 0 aromatic rings. The number of rotatable bonds is 5. The minimum absolute atomic E-state index is 0.319. The Kier molecular flexibility index (Phi) is 5.07. The largest absolute Gasteiger partial charge is 0.350 e. The lowest BCUT2D eigenvalue weighted by molar-refractivity contribution is -0.306. The van der Waals surface area contributed by atoms with Gasteiger partial charge in [0.1, 0.15) is 0 Å². The Morgan fingerprint density at radius 1 is 1.20 bits per heavy atom. The summed E-state index contributed by atoms with van der Waals surface area (Å²) in [4.78, 5) is 0. The summed E-state index contributed by atoms with van der Waals surface area (Å²) < 4.78 is 12.0. The molecule has 15 heavy (non-hydrogen) atoms. The first-order valence-corrected chi connectivity index (χ1v) is 6.47. The van der Waals surface area contributed by atoms with E-state index >= 15 is 0 Å². The van der Waals surface area contributed by atoms with E-state index in [4.69, 9.17) is 9.47 Å². The molecule has 2 nitrogen and oxygen atoms in total. The molecule has 0 aromatic carbocycles. The third-order valence-corrected chi connectivity index (χ3v) is 3.33. The van der Waals surface area contributed by atoms with Crippen LogP contribution in [-0.2, 0) is 9.47 Å². The second-order valence-corrected chi connectivity index (χ2v) is 4.81. The highest BCUT2D eigenvalue weighted by atomic mass is 16.7. The highest BCUT2D eigenvalue weighted by Gasteiger charge is 2.37. The maximum atomic E-state index is 6.14. The molecule has 0 radical (unpaired) electrons. The van der Waals surface area contributed by atoms with Crippen LogP contribution in [0.5, 0.6) is 0 Å². The Labute approximate surface area is 94.3 Å². The molecule has 1 fully saturated rings. The fraction of sp³-hybridized carbons (Fsp3) is 1.00. The van der Waals surface area contributed by atoms with Gasteiger partial charge in [0.25, 0.3) is 0 Å². The number of ether oxygens (including phenoxy) is 2. The van der Waals surface area contributed by atoms with Gasteiger partial charge in [0.15, 0.2) is 5.79 Å². The Hall–Kier alpha value is -0.0800. The maximum absolute atomic E-state index is 6.14. The smallest absolute Gasteiger partial charge is 0.165 e. The van der Waals surface area contributed by atoms with Crippen LogP contribution in [-0.4, -0.2) is 18.5 Å². The molecule has 1 aliphatic heterocycles. The van der Waals surface area contributed by atoms with Crippen molar-refractivity contribution in [1.82, 2.24) is 0 Å². The summed E-state index contributed by atoms with van der Waals surface area (Å²) in [7, 11) is 0. The van der Waals surface area contributed by atoms with Crippen LogP contribution in [0.1, 0.15) is 59.8 Å². The van der Waals surface area contributed by atoms with Crippen LogP contribution in [0.3, 0.4) is 0 Å². The van der Waals surface area contributed by atoms with E-state index in [9.17, 15) is 0 Å². The molecule has 3 atom stereocenters. The van der Waals surface area contributed by atoms with Gasteiger partial charge in [-0.2, -0.15) is 0 Å². The van der Waals surface area contributed by atoms with Crippen molar-refractivity contribution in [1.29, 1.82) is 0 Å². The first-order chi connectivity index (χ1) is 7.15. The van der Waals surface area contributed by atoms with Gasteiger partial charge in [-0.1, -0.05) is 33.6 Å². The van der Waals surface area contributed by atoms with E-state index in [0.717, 1.165) is 25.9 Å². The first kappa shape index (κ1) is 13.0. The van der Waals surface area contributed by atoms with E-state index in [1.54, 1.807) is 0 Å². The average Bonchev–Trinajstić information content (AvgIpc) is 2.19. The standard InChI is InChI=1S/C13H26O2/c1-5-8-12-11(7-3)10-14-13(4,15-12)9-6-2/h11-12H,5-10H2,1-4H3/t11-,12+,13+/m0/s1. The topological polar surface area (TPSA) is 18.5 Å². The molecule has 90 valence electrons. The van der Waals surface area contributed by atoms with Crippen molar-refractivity contribution in [3.05, 3.63) is 0 Å². The van der Waals surface area contributed by atoms with Gasteiger partial charge in [-0.25, -0.2) is 0 Å². The van der Waals surface area contributed by atoms with E-state index in [-0.39, 0.29) is 5.79 Å². The maximum Gasteiger partial charge on any atom is 0.165 e. The lowest BCUT2D eigenvalue weighted by Crippen LogP contribution is -2.47. The molecule has 0 aromatic heterocycles. The van der Waals surface area contributed by atoms with Crippen LogP contribution in [0, 0.1) is 5.92 Å². The van der Waals surface area contributed by atoms with Crippen LogP contribution >= 0.6 is 0 Å². The number of hydrogen-bond donors (Lipinski definition) is 0. The molecule has 1 aliphatic rings. The Bertz CT molecular complexity index is 181. The van der Waals surface area contributed by atoms with Gasteiger partial charge in [0.05, 0.1) is 12.7 Å². The molecular weight excluding hydrogens is 188 g/mol. The molecule has 2 heteroatoms. The molecule has 0 amide bonds. The molecular formula is C13H26O2. The summed E-state index contributed by atoms with van der Waals surface area (Å²) in [6.45, 7) is 9.59. The summed E-state index contributed by atoms with van der Waals surface area (Å²) in [6, 6.07) is 0. The lowest BCUT2D eigenvalue weighted by Gasteiger charge is -2.43. The minimum Gasteiger partial charge on any atom is -0.350 e. The van der Waals surface area contributed by atoms with Crippen molar-refractivity contribution < 1.29 is 9.47 Å². The normalized spacial score (nSPS) is 36.8. The first-order valence-electron chi connectivity index (χ1n) is 6.47. The summed E-state index contributed by atoms with van der Waals surface area (Å²) in [6.07, 6.45) is 6.05. The van der Waals surface area contributed by atoms with Crippen LogP contribution in [0.2, 0.25) is 0 Å². The van der Waals surface area contributed by atoms with Crippen LogP contribution in [0.4, 0.5) is 0 Å². The second kappa shape index (κ2) is 5.86. The molecule has 0 unspecified atom stereocenters. The molecule has 0 N–H and O–H groups in total. The zero-order valence-electron chi connectivity index (χ0n) is 10.7. The van der Waals surface area contributed by atoms with E-state index in [0.29, 0.717) is 12.0 Å². The number of hydrogen-bond acceptors (Lipinski definition) is 2. The van der Waals surface area contributed by atoms with E-state index in [1.165, 1.54) is 12.8 Å². The van der Waals surface area contributed by atoms with Crippen molar-refractivity contribution in [3.8, 4) is 0 Å². The Morgan fingerprint density at radius 3 is 2.47 bits per heavy atom. The Morgan fingerprint density at radius 2 is 1.93 bits per heavy atom. The van der Waals surface area contributed by atoms with Gasteiger partial charge < -0.3 is 9.47 Å². The lowest BCUT2D eigenvalue weighted by atomic mass is 9.94. The molecule has 0 aliphatic carbocycles. The predicted molar refractivity (Wildman–Crippen MR) is 62.8 cm³/mol. The van der Waals surface area contributed by atoms with Gasteiger partial charge in [-0.15, -0.1) is 0 Å². The summed E-state index contributed by atoms with van der Waals surface area (Å²) in [5.74, 6) is 0.273. The zero-order chi connectivity index (χ0) is 11.3. The van der Waals surface area contributed by atoms with Gasteiger partial charge in [0.2, 0.25) is 0 Å². The van der Waals surface area contributed by atoms with E-state index in [2.05, 4.69) is 27.7 Å². The highest BCUT2D eigenvalue weighted by Crippen LogP contribution is 2.33. The third kappa shape index (κ3) is 3.46. The van der Waals surface area contributed by atoms with Crippen molar-refractivity contribution in [2.45, 2.75) is 71.7 Å². The van der Waals surface area contributed by atoms with Crippen LogP contribution < -0.4 is 0 Å². The second-order valence-electron chi connectivity index (χ2n) is 4.81. The quantitative estimate of drug-likeness (QED) is 0.694.